The van der Waals surface area contributed by atoms with Gasteiger partial charge in [0, 0.05) is 13.1 Å². The fourth-order valence-corrected chi connectivity index (χ4v) is 2.16. The number of hydrogen-bond acceptors (Lipinski definition) is 2. The maximum Gasteiger partial charge on any atom is 0.191 e. The Morgan fingerprint density at radius 3 is 2.54 bits per heavy atom. The highest BCUT2D eigenvalue weighted by molar-refractivity contribution is 5.79. The third kappa shape index (κ3) is 5.53. The smallest absolute Gasteiger partial charge is 0.191 e. The minimum atomic E-state index is -0.445. The summed E-state index contributed by atoms with van der Waals surface area (Å²) in [4.78, 5) is 4.43. The Kier molecular flexibility index (Phi) is 6.54. The number of phenolic OH excluding ortho intramolecular Hbond substituents is 1. The predicted molar refractivity (Wildman–Crippen MR) is 91.0 cm³/mol. The molecule has 128 valence electrons. The van der Waals surface area contributed by atoms with E-state index in [4.69, 9.17) is 0 Å². The fraction of sp³-hybridized carbons (Fsp3) is 0.278. The monoisotopic (exact) mass is 333 g/mol. The highest BCUT2D eigenvalue weighted by atomic mass is 19.1. The van der Waals surface area contributed by atoms with Crippen LogP contribution in [-0.4, -0.2) is 24.2 Å². The van der Waals surface area contributed by atoms with Crippen LogP contribution in [0.4, 0.5) is 8.78 Å². The number of halogens is 2. The largest absolute Gasteiger partial charge is 0.508 e. The van der Waals surface area contributed by atoms with E-state index in [1.165, 1.54) is 6.07 Å². The zero-order valence-corrected chi connectivity index (χ0v) is 13.5. The molecule has 0 bridgehead atoms. The molecular formula is C18H21F2N3O. The number of nitrogens with one attached hydrogen (secondary N) is 2. The molecule has 4 nitrogen and oxygen atoms in total. The zero-order chi connectivity index (χ0) is 17.4. The van der Waals surface area contributed by atoms with Crippen molar-refractivity contribution in [2.24, 2.45) is 4.99 Å². The molecule has 2 aromatic rings. The third-order valence-electron chi connectivity index (χ3n) is 3.39. The summed E-state index contributed by atoms with van der Waals surface area (Å²) in [5, 5.41) is 15.5. The van der Waals surface area contributed by atoms with Crippen molar-refractivity contribution in [1.82, 2.24) is 10.6 Å². The minimum Gasteiger partial charge on any atom is -0.508 e. The Balaban J connectivity index is 1.91. The lowest BCUT2D eigenvalue weighted by molar-refractivity contribution is 0.475. The Labute approximate surface area is 140 Å². The molecule has 24 heavy (non-hydrogen) atoms. The Hall–Kier alpha value is -2.63. The van der Waals surface area contributed by atoms with Gasteiger partial charge < -0.3 is 15.7 Å². The van der Waals surface area contributed by atoms with Crippen molar-refractivity contribution in [1.29, 1.82) is 0 Å². The van der Waals surface area contributed by atoms with E-state index < -0.39 is 11.6 Å². The molecule has 0 heterocycles. The van der Waals surface area contributed by atoms with E-state index in [9.17, 15) is 13.9 Å². The summed E-state index contributed by atoms with van der Waals surface area (Å²) in [5.41, 5.74) is 1.29. The van der Waals surface area contributed by atoms with Gasteiger partial charge in [0.1, 0.15) is 17.4 Å². The van der Waals surface area contributed by atoms with Gasteiger partial charge in [-0.15, -0.1) is 0 Å². The number of guanidine groups is 1. The molecule has 0 aliphatic heterocycles. The van der Waals surface area contributed by atoms with E-state index in [2.05, 4.69) is 15.6 Å². The third-order valence-corrected chi connectivity index (χ3v) is 3.39. The van der Waals surface area contributed by atoms with E-state index >= 15 is 0 Å². The molecule has 6 heteroatoms. The number of aliphatic imine (C=N–C) groups is 1. The summed E-state index contributed by atoms with van der Waals surface area (Å²) in [6.07, 6.45) is 0.354. The van der Waals surface area contributed by atoms with Crippen molar-refractivity contribution in [3.63, 3.8) is 0 Å². The lowest BCUT2D eigenvalue weighted by Gasteiger charge is -2.11. The van der Waals surface area contributed by atoms with Gasteiger partial charge in [-0.2, -0.15) is 0 Å². The molecule has 0 amide bonds. The lowest BCUT2D eigenvalue weighted by Crippen LogP contribution is -2.38. The van der Waals surface area contributed by atoms with Crippen molar-refractivity contribution < 1.29 is 13.9 Å². The molecule has 0 atom stereocenters. The molecule has 0 unspecified atom stereocenters. The quantitative estimate of drug-likeness (QED) is 0.563. The number of phenols is 1. The van der Waals surface area contributed by atoms with Crippen LogP contribution in [0, 0.1) is 11.6 Å². The fourth-order valence-electron chi connectivity index (χ4n) is 2.16. The number of nitrogens with zero attached hydrogens (tertiary/aromatic N) is 1. The normalized spacial score (nSPS) is 11.4. The number of aromatic hydroxyl groups is 1. The molecule has 0 fully saturated rings. The second-order valence-electron chi connectivity index (χ2n) is 5.27. The first-order valence-electron chi connectivity index (χ1n) is 7.82. The van der Waals surface area contributed by atoms with Gasteiger partial charge in [-0.3, -0.25) is 0 Å². The number of benzene rings is 2. The van der Waals surface area contributed by atoms with Gasteiger partial charge in [-0.25, -0.2) is 13.8 Å². The molecule has 0 spiro atoms. The molecule has 0 saturated carbocycles. The van der Waals surface area contributed by atoms with Crippen molar-refractivity contribution >= 4 is 5.96 Å². The maximum absolute atomic E-state index is 13.6. The standard InChI is InChI=1S/C18H21F2N3O/c1-2-21-18(23-12-13-3-6-16(24)7-4-13)22-10-9-14-11-15(19)5-8-17(14)20/h3-8,11,24H,2,9-10,12H2,1H3,(H2,21,22,23). The average molecular weight is 333 g/mol. The van der Waals surface area contributed by atoms with Gasteiger partial charge in [0.15, 0.2) is 5.96 Å². The second-order valence-corrected chi connectivity index (χ2v) is 5.27. The van der Waals surface area contributed by atoms with Crippen LogP contribution in [0.3, 0.4) is 0 Å². The zero-order valence-electron chi connectivity index (χ0n) is 13.5. The van der Waals surface area contributed by atoms with Gasteiger partial charge in [-0.05, 0) is 54.8 Å². The summed E-state index contributed by atoms with van der Waals surface area (Å²) < 4.78 is 26.7. The second kappa shape index (κ2) is 8.86. The van der Waals surface area contributed by atoms with Crippen LogP contribution in [0.5, 0.6) is 5.75 Å². The first-order valence-corrected chi connectivity index (χ1v) is 7.82. The summed E-state index contributed by atoms with van der Waals surface area (Å²) in [5.74, 6) is -0.0456. The first kappa shape index (κ1) is 17.7. The highest BCUT2D eigenvalue weighted by Crippen LogP contribution is 2.11. The van der Waals surface area contributed by atoms with Crippen LogP contribution < -0.4 is 10.6 Å². The van der Waals surface area contributed by atoms with Crippen LogP contribution in [0.25, 0.3) is 0 Å². The van der Waals surface area contributed by atoms with Crippen molar-refractivity contribution in [2.75, 3.05) is 13.1 Å². The van der Waals surface area contributed by atoms with Crippen LogP contribution in [-0.2, 0) is 13.0 Å². The minimum absolute atomic E-state index is 0.213. The Morgan fingerprint density at radius 1 is 1.08 bits per heavy atom. The summed E-state index contributed by atoms with van der Waals surface area (Å²) in [7, 11) is 0. The maximum atomic E-state index is 13.6. The summed E-state index contributed by atoms with van der Waals surface area (Å²) >= 11 is 0. The van der Waals surface area contributed by atoms with E-state index in [1.807, 2.05) is 6.92 Å². The molecule has 2 aromatic carbocycles. The Bertz CT molecular complexity index is 687. The van der Waals surface area contributed by atoms with Crippen LogP contribution in [0.15, 0.2) is 47.5 Å². The van der Waals surface area contributed by atoms with Gasteiger partial charge in [0.25, 0.3) is 0 Å². The topological polar surface area (TPSA) is 56.7 Å². The van der Waals surface area contributed by atoms with Crippen molar-refractivity contribution in [2.45, 2.75) is 19.9 Å². The van der Waals surface area contributed by atoms with Crippen LogP contribution in [0.2, 0.25) is 0 Å². The van der Waals surface area contributed by atoms with E-state index in [-0.39, 0.29) is 5.75 Å². The molecule has 2 rings (SSSR count). The molecule has 3 N–H and O–H groups in total. The van der Waals surface area contributed by atoms with E-state index in [0.29, 0.717) is 37.6 Å². The van der Waals surface area contributed by atoms with Gasteiger partial charge in [0.2, 0.25) is 0 Å². The predicted octanol–water partition coefficient (Wildman–Crippen LogP) is 2.97. The number of rotatable bonds is 6. The van der Waals surface area contributed by atoms with Crippen LogP contribution in [0.1, 0.15) is 18.1 Å². The van der Waals surface area contributed by atoms with Crippen LogP contribution >= 0.6 is 0 Å². The van der Waals surface area contributed by atoms with Gasteiger partial charge in [0.05, 0.1) is 6.54 Å². The number of hydrogen-bond donors (Lipinski definition) is 3. The van der Waals surface area contributed by atoms with Crippen molar-refractivity contribution in [3.8, 4) is 5.75 Å². The highest BCUT2D eigenvalue weighted by Gasteiger charge is 2.04. The average Bonchev–Trinajstić information content (AvgIpc) is 2.57. The van der Waals surface area contributed by atoms with E-state index in [0.717, 1.165) is 17.7 Å². The van der Waals surface area contributed by atoms with Gasteiger partial charge >= 0.3 is 0 Å². The summed E-state index contributed by atoms with van der Waals surface area (Å²) in [6.45, 7) is 3.52. The lowest BCUT2D eigenvalue weighted by atomic mass is 10.1. The molecule has 0 aliphatic rings. The van der Waals surface area contributed by atoms with Gasteiger partial charge in [-0.1, -0.05) is 12.1 Å². The summed E-state index contributed by atoms with van der Waals surface area (Å²) in [6, 6.07) is 10.3. The molecular weight excluding hydrogens is 312 g/mol. The Morgan fingerprint density at radius 2 is 1.83 bits per heavy atom. The van der Waals surface area contributed by atoms with E-state index in [1.54, 1.807) is 24.3 Å². The molecule has 0 saturated heterocycles. The molecule has 0 aliphatic carbocycles. The molecule has 0 aromatic heterocycles. The van der Waals surface area contributed by atoms with Crippen molar-refractivity contribution in [3.05, 3.63) is 65.2 Å². The molecule has 0 radical (unpaired) electrons. The first-order chi connectivity index (χ1) is 11.6. The SMILES string of the molecule is CCNC(=NCc1ccc(O)cc1)NCCc1cc(F)ccc1F.